The Balaban J connectivity index is 0.00000210. The molecule has 2 N–H and O–H groups in total. The van der Waals surface area contributed by atoms with Crippen molar-refractivity contribution >= 4 is 35.6 Å². The van der Waals surface area contributed by atoms with Crippen LogP contribution in [0.25, 0.3) is 17.0 Å². The first kappa shape index (κ1) is 19.5. The smallest absolute Gasteiger partial charge is 0.236 e. The zero-order valence-electron chi connectivity index (χ0n) is 15.1. The van der Waals surface area contributed by atoms with Crippen molar-refractivity contribution in [2.24, 2.45) is 5.73 Å². The molecule has 1 aliphatic rings. The molecule has 0 amide bonds. The maximum absolute atomic E-state index is 6.28. The predicted octanol–water partition coefficient (Wildman–Crippen LogP) is 3.03. The predicted molar refractivity (Wildman–Crippen MR) is 109 cm³/mol. The molecule has 3 aromatic rings. The summed E-state index contributed by atoms with van der Waals surface area (Å²) in [6, 6.07) is 5.73. The highest BCUT2D eigenvalue weighted by molar-refractivity contribution is 6.32. The first-order valence-corrected chi connectivity index (χ1v) is 8.75. The molecule has 0 aliphatic carbocycles. The van der Waals surface area contributed by atoms with Crippen molar-refractivity contribution in [1.29, 1.82) is 0 Å². The fraction of sp³-hybridized carbons (Fsp3) is 0.333. The summed E-state index contributed by atoms with van der Waals surface area (Å²) in [5.74, 6) is 2.71. The Morgan fingerprint density at radius 1 is 1.19 bits per heavy atom. The molecule has 1 fully saturated rings. The van der Waals surface area contributed by atoms with Crippen LogP contribution in [-0.2, 0) is 0 Å². The number of aromatic nitrogens is 3. The van der Waals surface area contributed by atoms with E-state index in [2.05, 4.69) is 14.9 Å². The molecule has 1 aromatic carbocycles. The summed E-state index contributed by atoms with van der Waals surface area (Å²) in [7, 11) is 3.18. The SMILES string of the molecule is COc1cc(OC)c(-c2cn3ccc(N4CCC(N)C4)nc3n2)cc1Cl.Cl. The van der Waals surface area contributed by atoms with E-state index in [0.717, 1.165) is 36.6 Å². The monoisotopic (exact) mass is 409 g/mol. The van der Waals surface area contributed by atoms with Gasteiger partial charge in [0.05, 0.1) is 24.9 Å². The van der Waals surface area contributed by atoms with Crippen molar-refractivity contribution in [1.82, 2.24) is 14.4 Å². The molecule has 0 radical (unpaired) electrons. The topological polar surface area (TPSA) is 77.9 Å². The number of hydrogen-bond acceptors (Lipinski definition) is 6. The quantitative estimate of drug-likeness (QED) is 0.713. The molecule has 1 atom stereocenters. The van der Waals surface area contributed by atoms with Gasteiger partial charge < -0.3 is 20.1 Å². The fourth-order valence-electron chi connectivity index (χ4n) is 3.22. The zero-order valence-corrected chi connectivity index (χ0v) is 16.6. The van der Waals surface area contributed by atoms with E-state index >= 15 is 0 Å². The molecule has 4 rings (SSSR count). The molecule has 1 aliphatic heterocycles. The van der Waals surface area contributed by atoms with Gasteiger partial charge in [-0.2, -0.15) is 4.98 Å². The molecule has 1 unspecified atom stereocenters. The van der Waals surface area contributed by atoms with E-state index in [1.165, 1.54) is 0 Å². The van der Waals surface area contributed by atoms with Crippen LogP contribution in [0.3, 0.4) is 0 Å². The largest absolute Gasteiger partial charge is 0.496 e. The summed E-state index contributed by atoms with van der Waals surface area (Å²) in [4.78, 5) is 11.5. The van der Waals surface area contributed by atoms with Crippen LogP contribution in [0.15, 0.2) is 30.6 Å². The van der Waals surface area contributed by atoms with Gasteiger partial charge in [-0.15, -0.1) is 12.4 Å². The number of rotatable bonds is 4. The van der Waals surface area contributed by atoms with Crippen LogP contribution in [0.2, 0.25) is 5.02 Å². The molecule has 0 saturated carbocycles. The van der Waals surface area contributed by atoms with Gasteiger partial charge in [-0.05, 0) is 18.6 Å². The maximum Gasteiger partial charge on any atom is 0.236 e. The van der Waals surface area contributed by atoms with Crippen molar-refractivity contribution in [3.05, 3.63) is 35.6 Å². The molecule has 9 heteroatoms. The van der Waals surface area contributed by atoms with Gasteiger partial charge in [0.2, 0.25) is 5.78 Å². The van der Waals surface area contributed by atoms with Crippen LogP contribution in [0.4, 0.5) is 5.82 Å². The highest BCUT2D eigenvalue weighted by Crippen LogP contribution is 2.38. The van der Waals surface area contributed by atoms with Crippen molar-refractivity contribution in [2.45, 2.75) is 12.5 Å². The molecule has 3 heterocycles. The molecular weight excluding hydrogens is 389 g/mol. The minimum Gasteiger partial charge on any atom is -0.496 e. The Labute approximate surface area is 168 Å². The first-order chi connectivity index (χ1) is 12.6. The molecule has 7 nitrogen and oxygen atoms in total. The lowest BCUT2D eigenvalue weighted by Crippen LogP contribution is -2.26. The van der Waals surface area contributed by atoms with Gasteiger partial charge >= 0.3 is 0 Å². The summed E-state index contributed by atoms with van der Waals surface area (Å²) < 4.78 is 12.6. The zero-order chi connectivity index (χ0) is 18.3. The van der Waals surface area contributed by atoms with Crippen LogP contribution in [0.1, 0.15) is 6.42 Å². The van der Waals surface area contributed by atoms with Gasteiger partial charge in [0.15, 0.2) is 0 Å². The number of methoxy groups -OCH3 is 2. The maximum atomic E-state index is 6.28. The number of anilines is 1. The average Bonchev–Trinajstić information content (AvgIpc) is 3.26. The number of halogens is 2. The van der Waals surface area contributed by atoms with Gasteiger partial charge in [0, 0.05) is 43.2 Å². The van der Waals surface area contributed by atoms with Gasteiger partial charge in [-0.1, -0.05) is 11.6 Å². The van der Waals surface area contributed by atoms with Crippen LogP contribution < -0.4 is 20.1 Å². The fourth-order valence-corrected chi connectivity index (χ4v) is 3.47. The number of imidazole rings is 1. The highest BCUT2D eigenvalue weighted by Gasteiger charge is 2.21. The van der Waals surface area contributed by atoms with Crippen molar-refractivity contribution in [2.75, 3.05) is 32.2 Å². The Bertz CT molecular complexity index is 962. The van der Waals surface area contributed by atoms with E-state index in [9.17, 15) is 0 Å². The van der Waals surface area contributed by atoms with Crippen molar-refractivity contribution in [3.8, 4) is 22.8 Å². The molecule has 0 spiro atoms. The summed E-state index contributed by atoms with van der Waals surface area (Å²) in [6.45, 7) is 1.73. The van der Waals surface area contributed by atoms with Crippen LogP contribution in [-0.4, -0.2) is 47.7 Å². The number of benzene rings is 1. The lowest BCUT2D eigenvalue weighted by Gasteiger charge is -2.16. The number of ether oxygens (including phenoxy) is 2. The Kier molecular flexibility index (Phi) is 5.64. The summed E-state index contributed by atoms with van der Waals surface area (Å²) in [5, 5.41) is 0.500. The van der Waals surface area contributed by atoms with Gasteiger partial charge in [-0.25, -0.2) is 4.98 Å². The second-order valence-corrected chi connectivity index (χ2v) is 6.71. The highest BCUT2D eigenvalue weighted by atomic mass is 35.5. The Morgan fingerprint density at radius 3 is 2.63 bits per heavy atom. The second-order valence-electron chi connectivity index (χ2n) is 6.30. The third kappa shape index (κ3) is 3.63. The van der Waals surface area contributed by atoms with Gasteiger partial charge in [0.25, 0.3) is 0 Å². The van der Waals surface area contributed by atoms with E-state index in [0.29, 0.717) is 22.3 Å². The lowest BCUT2D eigenvalue weighted by atomic mass is 10.1. The Morgan fingerprint density at radius 2 is 1.96 bits per heavy atom. The summed E-state index contributed by atoms with van der Waals surface area (Å²) in [5.41, 5.74) is 7.51. The third-order valence-corrected chi connectivity index (χ3v) is 4.91. The molecule has 27 heavy (non-hydrogen) atoms. The first-order valence-electron chi connectivity index (χ1n) is 8.37. The number of nitrogens with zero attached hydrogens (tertiary/aromatic N) is 4. The second kappa shape index (κ2) is 7.80. The number of nitrogens with two attached hydrogens (primary N) is 1. The van der Waals surface area contributed by atoms with Crippen LogP contribution in [0.5, 0.6) is 11.5 Å². The number of fused-ring (bicyclic) bond motifs is 1. The third-order valence-electron chi connectivity index (χ3n) is 4.61. The Hall–Kier alpha value is -2.22. The van der Waals surface area contributed by atoms with Gasteiger partial charge in [0.1, 0.15) is 17.3 Å². The van der Waals surface area contributed by atoms with E-state index in [4.69, 9.17) is 26.8 Å². The summed E-state index contributed by atoms with van der Waals surface area (Å²) in [6.07, 6.45) is 4.84. The van der Waals surface area contributed by atoms with E-state index in [1.54, 1.807) is 26.4 Å². The lowest BCUT2D eigenvalue weighted by molar-refractivity contribution is 0.395. The minimum absolute atomic E-state index is 0. The van der Waals surface area contributed by atoms with E-state index < -0.39 is 0 Å². The summed E-state index contributed by atoms with van der Waals surface area (Å²) >= 11 is 6.28. The average molecular weight is 410 g/mol. The molecule has 0 bridgehead atoms. The van der Waals surface area contributed by atoms with Crippen LogP contribution >= 0.6 is 24.0 Å². The van der Waals surface area contributed by atoms with Crippen LogP contribution in [0, 0.1) is 0 Å². The molecule has 2 aromatic heterocycles. The molecule has 1 saturated heterocycles. The van der Waals surface area contributed by atoms with Gasteiger partial charge in [-0.3, -0.25) is 4.40 Å². The molecular formula is C18H21Cl2N5O2. The molecule has 144 valence electrons. The minimum atomic E-state index is 0. The van der Waals surface area contributed by atoms with Crippen molar-refractivity contribution < 1.29 is 9.47 Å². The standard InChI is InChI=1S/C18H20ClN5O2.ClH/c1-25-15-8-16(26-2)13(19)7-12(15)14-10-24-6-4-17(22-18(24)21-14)23-5-3-11(20)9-23;/h4,6-8,10-11H,3,5,9,20H2,1-2H3;1H. The normalized spacial score (nSPS) is 16.4. The van der Waals surface area contributed by atoms with E-state index in [-0.39, 0.29) is 18.4 Å². The number of hydrogen-bond donors (Lipinski definition) is 1. The van der Waals surface area contributed by atoms with Crippen molar-refractivity contribution in [3.63, 3.8) is 0 Å². The van der Waals surface area contributed by atoms with E-state index in [1.807, 2.05) is 22.9 Å².